The number of carbonyl (C=O) groups excluding carboxylic acids is 1. The molecule has 0 spiro atoms. The van der Waals surface area contributed by atoms with Gasteiger partial charge >= 0.3 is 0 Å². The molecule has 0 unspecified atom stereocenters. The van der Waals surface area contributed by atoms with Crippen LogP contribution in [0.1, 0.15) is 39.2 Å². The fourth-order valence-corrected chi connectivity index (χ4v) is 5.78. The fourth-order valence-electron chi connectivity index (χ4n) is 3.42. The number of rotatable bonds is 6. The number of hydrogen-bond acceptors (Lipinski definition) is 5. The van der Waals surface area contributed by atoms with Crippen LogP contribution in [0.25, 0.3) is 0 Å². The molecule has 1 amide bonds. The lowest BCUT2D eigenvalue weighted by Gasteiger charge is -2.15. The molecule has 0 aliphatic carbocycles. The quantitative estimate of drug-likeness (QED) is 0.599. The van der Waals surface area contributed by atoms with Crippen molar-refractivity contribution >= 4 is 32.4 Å². The first-order chi connectivity index (χ1) is 14.8. The molecule has 9 heteroatoms. The first-order valence-electron chi connectivity index (χ1n) is 9.94. The second-order valence-electron chi connectivity index (χ2n) is 7.48. The number of nitrogens with one attached hydrogen (secondary N) is 1. The van der Waals surface area contributed by atoms with Gasteiger partial charge in [0.05, 0.1) is 4.90 Å². The summed E-state index contributed by atoms with van der Waals surface area (Å²) in [5.74, 6) is -0.613. The maximum absolute atomic E-state index is 13.7. The molecule has 0 saturated carbocycles. The highest BCUT2D eigenvalue weighted by molar-refractivity contribution is 7.89. The van der Waals surface area contributed by atoms with E-state index in [4.69, 9.17) is 0 Å². The molecule has 1 aliphatic rings. The first kappa shape index (κ1) is 21.6. The first-order valence-corrected chi connectivity index (χ1v) is 12.2. The zero-order chi connectivity index (χ0) is 22.0. The summed E-state index contributed by atoms with van der Waals surface area (Å²) in [4.78, 5) is 17.8. The van der Waals surface area contributed by atoms with Gasteiger partial charge < -0.3 is 0 Å². The molecule has 0 radical (unpaired) electrons. The van der Waals surface area contributed by atoms with Crippen LogP contribution in [0, 0.1) is 12.7 Å². The molecule has 1 fully saturated rings. The topological polar surface area (TPSA) is 79.4 Å². The van der Waals surface area contributed by atoms with Gasteiger partial charge in [0.25, 0.3) is 5.91 Å². The van der Waals surface area contributed by atoms with Gasteiger partial charge in [0, 0.05) is 36.1 Å². The molecule has 0 atom stereocenters. The Balaban J connectivity index is 1.41. The SMILES string of the molecule is Cc1ccc(Cc2cnc(NC(=O)c3ccc(S(=O)(=O)N4CCCC4)cc3)s2)cc1F. The highest BCUT2D eigenvalue weighted by atomic mass is 32.2. The maximum atomic E-state index is 13.7. The molecular weight excluding hydrogens is 437 g/mol. The van der Waals surface area contributed by atoms with E-state index in [1.807, 2.05) is 6.07 Å². The molecule has 4 rings (SSSR count). The van der Waals surface area contributed by atoms with Crippen molar-refractivity contribution in [3.05, 3.63) is 76.0 Å². The Hall–Kier alpha value is -2.62. The van der Waals surface area contributed by atoms with E-state index < -0.39 is 10.0 Å². The summed E-state index contributed by atoms with van der Waals surface area (Å²) in [6, 6.07) is 11.0. The van der Waals surface area contributed by atoms with E-state index in [2.05, 4.69) is 10.3 Å². The Morgan fingerprint density at radius 3 is 2.55 bits per heavy atom. The highest BCUT2D eigenvalue weighted by Crippen LogP contribution is 2.24. The number of nitrogens with zero attached hydrogens (tertiary/aromatic N) is 2. The van der Waals surface area contributed by atoms with E-state index in [-0.39, 0.29) is 16.6 Å². The van der Waals surface area contributed by atoms with Crippen molar-refractivity contribution in [3.8, 4) is 0 Å². The standard InChI is InChI=1S/C22H22FN3O3S2/c1-15-4-5-16(13-20(15)23)12-18-14-24-22(30-18)25-21(27)17-6-8-19(9-7-17)31(28,29)26-10-2-3-11-26/h4-9,13-14H,2-3,10-12H2,1H3,(H,24,25,27). The van der Waals surface area contributed by atoms with Gasteiger partial charge in [0.15, 0.2) is 5.13 Å². The van der Waals surface area contributed by atoms with E-state index in [1.54, 1.807) is 19.2 Å². The summed E-state index contributed by atoms with van der Waals surface area (Å²) < 4.78 is 40.4. The summed E-state index contributed by atoms with van der Waals surface area (Å²) in [5, 5.41) is 3.16. The average molecular weight is 460 g/mol. The number of hydrogen-bond donors (Lipinski definition) is 1. The predicted octanol–water partition coefficient (Wildman–Crippen LogP) is 4.22. The van der Waals surface area contributed by atoms with Gasteiger partial charge in [0.1, 0.15) is 5.82 Å². The summed E-state index contributed by atoms with van der Waals surface area (Å²) >= 11 is 1.32. The second-order valence-corrected chi connectivity index (χ2v) is 10.5. The van der Waals surface area contributed by atoms with Gasteiger partial charge in [-0.15, -0.1) is 11.3 Å². The predicted molar refractivity (Wildman–Crippen MR) is 118 cm³/mol. The normalized spacial score (nSPS) is 14.6. The average Bonchev–Trinajstić information content (AvgIpc) is 3.44. The number of anilines is 1. The van der Waals surface area contributed by atoms with Gasteiger partial charge in [-0.25, -0.2) is 17.8 Å². The second kappa shape index (κ2) is 8.86. The third-order valence-corrected chi connectivity index (χ3v) is 8.03. The van der Waals surface area contributed by atoms with Crippen LogP contribution in [-0.2, 0) is 16.4 Å². The van der Waals surface area contributed by atoms with Crippen molar-refractivity contribution in [2.45, 2.75) is 31.1 Å². The van der Waals surface area contributed by atoms with Gasteiger partial charge in [0.2, 0.25) is 10.0 Å². The van der Waals surface area contributed by atoms with Crippen LogP contribution < -0.4 is 5.32 Å². The van der Waals surface area contributed by atoms with Crippen LogP contribution in [0.4, 0.5) is 9.52 Å². The Morgan fingerprint density at radius 2 is 1.87 bits per heavy atom. The lowest BCUT2D eigenvalue weighted by molar-refractivity contribution is 0.102. The van der Waals surface area contributed by atoms with Crippen molar-refractivity contribution < 1.29 is 17.6 Å². The molecule has 31 heavy (non-hydrogen) atoms. The van der Waals surface area contributed by atoms with E-state index in [0.29, 0.717) is 35.8 Å². The van der Waals surface area contributed by atoms with Crippen molar-refractivity contribution in [2.75, 3.05) is 18.4 Å². The number of thiazole rings is 1. The highest BCUT2D eigenvalue weighted by Gasteiger charge is 2.27. The van der Waals surface area contributed by atoms with E-state index in [1.165, 1.54) is 46.0 Å². The zero-order valence-corrected chi connectivity index (χ0v) is 18.6. The number of benzene rings is 2. The molecule has 2 aromatic carbocycles. The summed E-state index contributed by atoms with van der Waals surface area (Å²) in [6.07, 6.45) is 3.92. The summed E-state index contributed by atoms with van der Waals surface area (Å²) in [6.45, 7) is 2.78. The molecule has 1 aromatic heterocycles. The fraction of sp³-hybridized carbons (Fsp3) is 0.273. The molecule has 1 aliphatic heterocycles. The summed E-state index contributed by atoms with van der Waals surface area (Å²) in [5.41, 5.74) is 1.78. The van der Waals surface area contributed by atoms with E-state index in [9.17, 15) is 17.6 Å². The Labute approximate surface area is 184 Å². The van der Waals surface area contributed by atoms with E-state index in [0.717, 1.165) is 23.3 Å². The maximum Gasteiger partial charge on any atom is 0.257 e. The van der Waals surface area contributed by atoms with Gasteiger partial charge in [-0.2, -0.15) is 4.31 Å². The Bertz CT molecular complexity index is 1200. The summed E-state index contributed by atoms with van der Waals surface area (Å²) in [7, 11) is -3.51. The number of carbonyl (C=O) groups is 1. The number of aryl methyl sites for hydroxylation is 1. The number of sulfonamides is 1. The molecule has 1 saturated heterocycles. The van der Waals surface area contributed by atoms with Crippen molar-refractivity contribution in [2.24, 2.45) is 0 Å². The molecule has 1 N–H and O–H groups in total. The van der Waals surface area contributed by atoms with Crippen LogP contribution in [0.2, 0.25) is 0 Å². The van der Waals surface area contributed by atoms with Crippen LogP contribution >= 0.6 is 11.3 Å². The van der Waals surface area contributed by atoms with Crippen LogP contribution in [-0.4, -0.2) is 36.7 Å². The molecule has 6 nitrogen and oxygen atoms in total. The van der Waals surface area contributed by atoms with Crippen molar-refractivity contribution in [1.29, 1.82) is 0 Å². The zero-order valence-electron chi connectivity index (χ0n) is 17.0. The molecule has 0 bridgehead atoms. The molecule has 3 aromatic rings. The Morgan fingerprint density at radius 1 is 1.16 bits per heavy atom. The third kappa shape index (κ3) is 4.84. The molecular formula is C22H22FN3O3S2. The van der Waals surface area contributed by atoms with Gasteiger partial charge in [-0.1, -0.05) is 12.1 Å². The molecule has 2 heterocycles. The van der Waals surface area contributed by atoms with Gasteiger partial charge in [-0.3, -0.25) is 10.1 Å². The van der Waals surface area contributed by atoms with Crippen LogP contribution in [0.3, 0.4) is 0 Å². The monoisotopic (exact) mass is 459 g/mol. The van der Waals surface area contributed by atoms with Crippen molar-refractivity contribution in [1.82, 2.24) is 9.29 Å². The lowest BCUT2D eigenvalue weighted by Crippen LogP contribution is -2.27. The van der Waals surface area contributed by atoms with Crippen LogP contribution in [0.5, 0.6) is 0 Å². The Kier molecular flexibility index (Phi) is 6.17. The van der Waals surface area contributed by atoms with Crippen molar-refractivity contribution in [3.63, 3.8) is 0 Å². The third-order valence-electron chi connectivity index (χ3n) is 5.21. The number of halogens is 1. The minimum atomic E-state index is -3.51. The largest absolute Gasteiger partial charge is 0.298 e. The lowest BCUT2D eigenvalue weighted by atomic mass is 10.1. The minimum Gasteiger partial charge on any atom is -0.298 e. The number of aromatic nitrogens is 1. The van der Waals surface area contributed by atoms with Gasteiger partial charge in [-0.05, 0) is 61.2 Å². The smallest absolute Gasteiger partial charge is 0.257 e. The molecule has 162 valence electrons. The number of amides is 1. The van der Waals surface area contributed by atoms with Crippen LogP contribution in [0.15, 0.2) is 53.6 Å². The van der Waals surface area contributed by atoms with E-state index >= 15 is 0 Å². The minimum absolute atomic E-state index is 0.188.